The van der Waals surface area contributed by atoms with Crippen molar-refractivity contribution in [2.24, 2.45) is 0 Å². The van der Waals surface area contributed by atoms with E-state index in [1.54, 1.807) is 48.5 Å². The number of halogens is 3. The van der Waals surface area contributed by atoms with E-state index in [0.717, 1.165) is 24.8 Å². The van der Waals surface area contributed by atoms with Gasteiger partial charge in [-0.25, -0.2) is 14.1 Å². The SMILES string of the molecule is CCCCCCCCCCCCCCCCCCOC[C@H](COP(=O)(OC[C@@H]1C[C@@H](OC(C)(C)O)[C@](C#N)(c2ccc3c(N)ncnn23)O1)Oc1ccccc1Cl)OCc1ccc(Cl)c(Cl)c1. The van der Waals surface area contributed by atoms with Crippen molar-refractivity contribution in [2.75, 3.05) is 32.2 Å². The standard InChI is InChI=1S/C49H69Cl3N5O9P/c1-4-5-6-7-8-9-10-11-12-13-14-15-16-17-18-21-28-60-32-39(61-31-37-24-25-40(50)42(52)29-37)34-63-67(59,66-44-23-20-19-22-41(44)51)62-33-38-30-46(65-48(2,3)58)49(35-53,64-38)45-27-26-43-47(54)55-36-56-57(43)45/h19-20,22-27,29,36,38-39,46,58H,4-18,21,28,30-34H2,1-3H3,(H2,54,55,56)/t38-,39+,46+,49-,67?/m0/s1. The van der Waals surface area contributed by atoms with E-state index in [0.29, 0.717) is 22.2 Å². The van der Waals surface area contributed by atoms with E-state index in [4.69, 9.17) is 73.1 Å². The number of unbranched alkanes of at least 4 members (excludes halogenated alkanes) is 15. The number of nitrogen functional groups attached to an aromatic ring is 1. The number of aromatic nitrogens is 3. The molecule has 0 bridgehead atoms. The van der Waals surface area contributed by atoms with Crippen molar-refractivity contribution in [1.29, 1.82) is 5.26 Å². The number of ether oxygens (including phenoxy) is 4. The highest BCUT2D eigenvalue weighted by Gasteiger charge is 2.55. The van der Waals surface area contributed by atoms with E-state index in [2.05, 4.69) is 23.1 Å². The van der Waals surface area contributed by atoms with Crippen LogP contribution >= 0.6 is 42.6 Å². The Balaban J connectivity index is 1.18. The maximum Gasteiger partial charge on any atom is 0.530 e. The van der Waals surface area contributed by atoms with E-state index in [1.165, 1.54) is 114 Å². The van der Waals surface area contributed by atoms with Gasteiger partial charge in [0, 0.05) is 13.0 Å². The second kappa shape index (κ2) is 28.0. The normalized spacial score (nSPS) is 18.8. The molecule has 2 aromatic carbocycles. The third-order valence-corrected chi connectivity index (χ3v) is 13.9. The molecule has 3 N–H and O–H groups in total. The predicted octanol–water partition coefficient (Wildman–Crippen LogP) is 13.0. The van der Waals surface area contributed by atoms with Crippen LogP contribution in [0.25, 0.3) is 5.52 Å². The van der Waals surface area contributed by atoms with Gasteiger partial charge in [0.25, 0.3) is 0 Å². The van der Waals surface area contributed by atoms with Crippen molar-refractivity contribution in [3.05, 3.63) is 87.2 Å². The third kappa shape index (κ3) is 17.7. The minimum Gasteiger partial charge on any atom is -0.402 e. The molecular weight excluding hydrogens is 940 g/mol. The van der Waals surface area contributed by atoms with Crippen LogP contribution in [0.3, 0.4) is 0 Å². The van der Waals surface area contributed by atoms with Crippen LogP contribution in [-0.2, 0) is 44.8 Å². The Morgan fingerprint density at radius 3 is 2.18 bits per heavy atom. The molecule has 5 atom stereocenters. The van der Waals surface area contributed by atoms with E-state index < -0.39 is 37.5 Å². The van der Waals surface area contributed by atoms with Crippen LogP contribution in [0.4, 0.5) is 5.82 Å². The summed E-state index contributed by atoms with van der Waals surface area (Å²) in [5.74, 6) is -1.43. The number of para-hydroxylation sites is 1. The van der Waals surface area contributed by atoms with Crippen LogP contribution in [0.2, 0.25) is 15.1 Å². The zero-order valence-electron chi connectivity index (χ0n) is 39.2. The van der Waals surface area contributed by atoms with Gasteiger partial charge in [-0.2, -0.15) is 10.4 Å². The summed E-state index contributed by atoms with van der Waals surface area (Å²) < 4.78 is 58.9. The zero-order chi connectivity index (χ0) is 48.1. The molecule has 0 saturated carbocycles. The van der Waals surface area contributed by atoms with E-state index in [-0.39, 0.29) is 55.1 Å². The molecule has 1 aliphatic rings. The molecule has 14 nitrogen and oxygen atoms in total. The summed E-state index contributed by atoms with van der Waals surface area (Å²) in [7, 11) is -4.53. The molecule has 2 aromatic heterocycles. The Bertz CT molecular complexity index is 2190. The Kier molecular flexibility index (Phi) is 22.9. The van der Waals surface area contributed by atoms with Crippen molar-refractivity contribution >= 4 is 54.0 Å². The molecule has 1 fully saturated rings. The number of hydrogen-bond donors (Lipinski definition) is 2. The highest BCUT2D eigenvalue weighted by atomic mass is 35.5. The van der Waals surface area contributed by atoms with Crippen LogP contribution in [0.5, 0.6) is 5.75 Å². The molecule has 0 amide bonds. The van der Waals surface area contributed by atoms with Gasteiger partial charge in [0.15, 0.2) is 11.6 Å². The molecule has 0 radical (unpaired) electrons. The molecule has 0 aliphatic carbocycles. The second-order valence-corrected chi connectivity index (χ2v) is 20.5. The molecule has 1 unspecified atom stereocenters. The maximum atomic E-state index is 14.7. The van der Waals surface area contributed by atoms with Crippen molar-refractivity contribution in [1.82, 2.24) is 14.6 Å². The van der Waals surface area contributed by atoms with Gasteiger partial charge in [0.1, 0.15) is 35.9 Å². The Labute approximate surface area is 411 Å². The van der Waals surface area contributed by atoms with Crippen LogP contribution in [0, 0.1) is 11.3 Å². The van der Waals surface area contributed by atoms with Gasteiger partial charge in [-0.05, 0) is 62.2 Å². The largest absolute Gasteiger partial charge is 0.530 e. The van der Waals surface area contributed by atoms with Crippen molar-refractivity contribution in [3.8, 4) is 11.8 Å². The van der Waals surface area contributed by atoms with E-state index in [9.17, 15) is 14.9 Å². The first-order chi connectivity index (χ1) is 32.3. The van der Waals surface area contributed by atoms with Crippen LogP contribution in [0.15, 0.2) is 60.9 Å². The Morgan fingerprint density at radius 1 is 0.896 bits per heavy atom. The molecule has 18 heteroatoms. The number of nitrogens with zero attached hydrogens (tertiary/aromatic N) is 4. The van der Waals surface area contributed by atoms with E-state index in [1.807, 2.05) is 0 Å². The van der Waals surface area contributed by atoms with Crippen molar-refractivity contribution < 1.29 is 42.2 Å². The van der Waals surface area contributed by atoms with Gasteiger partial charge in [0.05, 0.1) is 53.3 Å². The van der Waals surface area contributed by atoms with Crippen LogP contribution in [0.1, 0.15) is 141 Å². The van der Waals surface area contributed by atoms with Crippen molar-refractivity contribution in [2.45, 2.75) is 166 Å². The number of phosphoric ester groups is 1. The number of hydrogen-bond acceptors (Lipinski definition) is 13. The second-order valence-electron chi connectivity index (χ2n) is 17.7. The molecule has 1 saturated heterocycles. The lowest BCUT2D eigenvalue weighted by atomic mass is 9.93. The first-order valence-electron chi connectivity index (χ1n) is 23.8. The molecule has 5 rings (SSSR count). The topological polar surface area (TPSA) is 182 Å². The van der Waals surface area contributed by atoms with Gasteiger partial charge < -0.3 is 34.3 Å². The number of nitriles is 1. The molecule has 370 valence electrons. The lowest BCUT2D eigenvalue weighted by molar-refractivity contribution is -0.226. The molecular formula is C49H69Cl3N5O9P. The zero-order valence-corrected chi connectivity index (χ0v) is 42.4. The lowest BCUT2D eigenvalue weighted by Gasteiger charge is -2.31. The first kappa shape index (κ1) is 54.9. The number of anilines is 1. The number of aliphatic hydroxyl groups is 1. The Morgan fingerprint density at radius 2 is 1.55 bits per heavy atom. The summed E-state index contributed by atoms with van der Waals surface area (Å²) in [4.78, 5) is 4.04. The van der Waals surface area contributed by atoms with E-state index >= 15 is 0 Å². The Hall–Kier alpha value is -3.03. The summed E-state index contributed by atoms with van der Waals surface area (Å²) >= 11 is 18.9. The van der Waals surface area contributed by atoms with Gasteiger partial charge in [0.2, 0.25) is 5.60 Å². The molecule has 3 heterocycles. The fraction of sp³-hybridized carbons (Fsp3) is 0.612. The van der Waals surface area contributed by atoms with Crippen LogP contribution in [-0.4, -0.2) is 70.2 Å². The number of phosphoric acid groups is 1. The summed E-state index contributed by atoms with van der Waals surface area (Å²) in [6.45, 7) is 5.26. The fourth-order valence-electron chi connectivity index (χ4n) is 8.02. The highest BCUT2D eigenvalue weighted by molar-refractivity contribution is 7.49. The average molecular weight is 1010 g/mol. The number of rotatable bonds is 33. The lowest BCUT2D eigenvalue weighted by Crippen LogP contribution is -2.43. The molecule has 1 aliphatic heterocycles. The average Bonchev–Trinajstić information content (AvgIpc) is 3.90. The molecule has 4 aromatic rings. The van der Waals surface area contributed by atoms with Gasteiger partial charge >= 0.3 is 7.82 Å². The summed E-state index contributed by atoms with van der Waals surface area (Å²) in [6, 6.07) is 17.2. The quantitative estimate of drug-likeness (QED) is 0.0261. The maximum absolute atomic E-state index is 14.7. The fourth-order valence-corrected chi connectivity index (χ4v) is 9.85. The number of benzene rings is 2. The minimum atomic E-state index is -4.53. The monoisotopic (exact) mass is 1010 g/mol. The third-order valence-electron chi connectivity index (χ3n) is 11.5. The number of nitrogens with two attached hydrogens (primary N) is 1. The predicted molar refractivity (Wildman–Crippen MR) is 262 cm³/mol. The highest BCUT2D eigenvalue weighted by Crippen LogP contribution is 2.52. The summed E-state index contributed by atoms with van der Waals surface area (Å²) in [6.07, 6.45) is 19.0. The molecule has 0 spiro atoms. The van der Waals surface area contributed by atoms with Gasteiger partial charge in [-0.15, -0.1) is 0 Å². The van der Waals surface area contributed by atoms with Gasteiger partial charge in [-0.1, -0.05) is 156 Å². The number of fused-ring (bicyclic) bond motifs is 1. The van der Waals surface area contributed by atoms with Crippen LogP contribution < -0.4 is 10.3 Å². The summed E-state index contributed by atoms with van der Waals surface area (Å²) in [5, 5.41) is 26.8. The van der Waals surface area contributed by atoms with Crippen molar-refractivity contribution in [3.63, 3.8) is 0 Å². The summed E-state index contributed by atoms with van der Waals surface area (Å²) in [5.41, 5.74) is 5.77. The van der Waals surface area contributed by atoms with Gasteiger partial charge in [-0.3, -0.25) is 9.05 Å². The minimum absolute atomic E-state index is 0.0278. The molecule has 67 heavy (non-hydrogen) atoms. The first-order valence-corrected chi connectivity index (χ1v) is 26.4. The smallest absolute Gasteiger partial charge is 0.402 e.